The van der Waals surface area contributed by atoms with E-state index in [9.17, 15) is 9.59 Å². The molecule has 4 unspecified atom stereocenters. The van der Waals surface area contributed by atoms with Crippen LogP contribution in [0.5, 0.6) is 0 Å². The Balaban J connectivity index is 1.64. The third-order valence-corrected chi connectivity index (χ3v) is 4.21. The first-order chi connectivity index (χ1) is 10.4. The van der Waals surface area contributed by atoms with E-state index in [1.807, 2.05) is 6.92 Å². The lowest BCUT2D eigenvalue weighted by Crippen LogP contribution is -2.46. The maximum absolute atomic E-state index is 12.5. The molecular formula is C14H22N2O6. The number of imide groups is 1. The molecule has 3 amide bonds. The summed E-state index contributed by atoms with van der Waals surface area (Å²) in [5, 5.41) is 9.10. The number of ether oxygens (including phenoxy) is 3. The van der Waals surface area contributed by atoms with Crippen LogP contribution in [-0.4, -0.2) is 83.3 Å². The Bertz CT molecular complexity index is 478. The lowest BCUT2D eigenvalue weighted by atomic mass is 10.0. The summed E-state index contributed by atoms with van der Waals surface area (Å²) in [6.45, 7) is 6.41. The molecule has 3 aliphatic rings. The van der Waals surface area contributed by atoms with Gasteiger partial charge in [-0.15, -0.1) is 0 Å². The van der Waals surface area contributed by atoms with Crippen LogP contribution in [0.4, 0.5) is 4.79 Å². The minimum atomic E-state index is -0.981. The summed E-state index contributed by atoms with van der Waals surface area (Å²) in [6, 6.07) is -0.394. The SMILES string of the molecule is CC(CN1C(=O)N(C2OC2CO)C(C)(C)C1=O)OCC1CO1. The number of urea groups is 1. The molecule has 0 spiro atoms. The first-order valence-corrected chi connectivity index (χ1v) is 7.51. The summed E-state index contributed by atoms with van der Waals surface area (Å²) < 4.78 is 15.9. The Morgan fingerprint density at radius 1 is 1.45 bits per heavy atom. The van der Waals surface area contributed by atoms with Gasteiger partial charge < -0.3 is 19.3 Å². The number of hydrogen-bond acceptors (Lipinski definition) is 6. The summed E-state index contributed by atoms with van der Waals surface area (Å²) in [7, 11) is 0. The highest BCUT2D eigenvalue weighted by atomic mass is 16.6. The summed E-state index contributed by atoms with van der Waals surface area (Å²) >= 11 is 0. The van der Waals surface area contributed by atoms with Crippen molar-refractivity contribution in [3.63, 3.8) is 0 Å². The molecule has 8 nitrogen and oxygen atoms in total. The topological polar surface area (TPSA) is 95.1 Å². The van der Waals surface area contributed by atoms with Gasteiger partial charge in [-0.25, -0.2) is 4.79 Å². The van der Waals surface area contributed by atoms with E-state index in [0.29, 0.717) is 13.2 Å². The van der Waals surface area contributed by atoms with Crippen molar-refractivity contribution >= 4 is 11.9 Å². The van der Waals surface area contributed by atoms with E-state index < -0.39 is 23.9 Å². The van der Waals surface area contributed by atoms with E-state index in [2.05, 4.69) is 0 Å². The second-order valence-corrected chi connectivity index (χ2v) is 6.47. The van der Waals surface area contributed by atoms with Crippen molar-refractivity contribution in [3.05, 3.63) is 0 Å². The van der Waals surface area contributed by atoms with Gasteiger partial charge in [-0.3, -0.25) is 14.6 Å². The van der Waals surface area contributed by atoms with Crippen LogP contribution in [0.25, 0.3) is 0 Å². The Labute approximate surface area is 128 Å². The summed E-state index contributed by atoms with van der Waals surface area (Å²) in [5.74, 6) is -0.275. The number of aliphatic hydroxyl groups excluding tert-OH is 1. The van der Waals surface area contributed by atoms with Gasteiger partial charge in [0, 0.05) is 0 Å². The van der Waals surface area contributed by atoms with Crippen molar-refractivity contribution in [3.8, 4) is 0 Å². The van der Waals surface area contributed by atoms with E-state index in [-0.39, 0.29) is 31.3 Å². The fourth-order valence-electron chi connectivity index (χ4n) is 2.72. The second kappa shape index (κ2) is 5.45. The van der Waals surface area contributed by atoms with E-state index in [1.165, 1.54) is 9.80 Å². The Hall–Kier alpha value is -1.22. The Kier molecular flexibility index (Phi) is 3.88. The normalized spacial score (nSPS) is 34.3. The Morgan fingerprint density at radius 3 is 2.68 bits per heavy atom. The number of rotatable bonds is 7. The monoisotopic (exact) mass is 314 g/mol. The zero-order valence-electron chi connectivity index (χ0n) is 13.0. The number of carbonyl (C=O) groups is 2. The second-order valence-electron chi connectivity index (χ2n) is 6.47. The minimum Gasteiger partial charge on any atom is -0.393 e. The average molecular weight is 314 g/mol. The van der Waals surface area contributed by atoms with Crippen LogP contribution < -0.4 is 0 Å². The van der Waals surface area contributed by atoms with Crippen molar-refractivity contribution in [2.24, 2.45) is 0 Å². The van der Waals surface area contributed by atoms with E-state index in [0.717, 1.165) is 0 Å². The van der Waals surface area contributed by atoms with Crippen molar-refractivity contribution in [2.45, 2.75) is 50.8 Å². The van der Waals surface area contributed by atoms with Gasteiger partial charge in [0.2, 0.25) is 0 Å². The fraction of sp³-hybridized carbons (Fsp3) is 0.857. The summed E-state index contributed by atoms with van der Waals surface area (Å²) in [6.07, 6.45) is -1.05. The van der Waals surface area contributed by atoms with Gasteiger partial charge in [0.15, 0.2) is 6.23 Å². The maximum atomic E-state index is 12.5. The van der Waals surface area contributed by atoms with Gasteiger partial charge in [0.25, 0.3) is 5.91 Å². The van der Waals surface area contributed by atoms with Gasteiger partial charge in [-0.2, -0.15) is 0 Å². The van der Waals surface area contributed by atoms with Gasteiger partial charge >= 0.3 is 6.03 Å². The predicted molar refractivity (Wildman–Crippen MR) is 73.9 cm³/mol. The molecule has 124 valence electrons. The van der Waals surface area contributed by atoms with Crippen molar-refractivity contribution < 1.29 is 28.9 Å². The highest BCUT2D eigenvalue weighted by molar-refractivity contribution is 6.06. The molecule has 4 atom stereocenters. The number of aliphatic hydroxyl groups is 1. The molecule has 0 aliphatic carbocycles. The van der Waals surface area contributed by atoms with Crippen LogP contribution in [0.2, 0.25) is 0 Å². The zero-order chi connectivity index (χ0) is 16.1. The van der Waals surface area contributed by atoms with Crippen molar-refractivity contribution in [1.82, 2.24) is 9.80 Å². The Morgan fingerprint density at radius 2 is 2.14 bits per heavy atom. The molecule has 0 radical (unpaired) electrons. The first kappa shape index (κ1) is 15.7. The smallest absolute Gasteiger partial charge is 0.329 e. The molecule has 3 fully saturated rings. The fourth-order valence-corrected chi connectivity index (χ4v) is 2.72. The maximum Gasteiger partial charge on any atom is 0.329 e. The minimum absolute atomic E-state index is 0.144. The molecule has 1 N–H and O–H groups in total. The molecule has 3 aliphatic heterocycles. The molecule has 3 saturated heterocycles. The molecule has 0 aromatic heterocycles. The standard InChI is InChI=1S/C14H22N2O6/c1-8(20-6-9-7-21-9)4-15-12(18)14(2,3)16(13(15)19)11-10(5-17)22-11/h8-11,17H,4-7H2,1-3H3. The molecule has 8 heteroatoms. The zero-order valence-corrected chi connectivity index (χ0v) is 13.0. The van der Waals surface area contributed by atoms with Crippen molar-refractivity contribution in [1.29, 1.82) is 0 Å². The van der Waals surface area contributed by atoms with Crippen LogP contribution in [0.3, 0.4) is 0 Å². The molecule has 0 bridgehead atoms. The van der Waals surface area contributed by atoms with Gasteiger partial charge in [0.1, 0.15) is 17.7 Å². The van der Waals surface area contributed by atoms with E-state index >= 15 is 0 Å². The molecule has 0 saturated carbocycles. The number of amides is 3. The molecular weight excluding hydrogens is 292 g/mol. The number of carbonyl (C=O) groups excluding carboxylic acids is 2. The molecule has 22 heavy (non-hydrogen) atoms. The van der Waals surface area contributed by atoms with Crippen molar-refractivity contribution in [2.75, 3.05) is 26.4 Å². The molecule has 3 rings (SSSR count). The van der Waals surface area contributed by atoms with Crippen LogP contribution in [0.1, 0.15) is 20.8 Å². The number of epoxide rings is 2. The summed E-state index contributed by atoms with van der Waals surface area (Å²) in [4.78, 5) is 27.7. The van der Waals surface area contributed by atoms with E-state index in [1.54, 1.807) is 13.8 Å². The van der Waals surface area contributed by atoms with Gasteiger partial charge in [-0.1, -0.05) is 0 Å². The third-order valence-electron chi connectivity index (χ3n) is 4.21. The molecule has 0 aromatic carbocycles. The average Bonchev–Trinajstić information content (AvgIpc) is 3.34. The van der Waals surface area contributed by atoms with Crippen LogP contribution in [0, 0.1) is 0 Å². The highest BCUT2D eigenvalue weighted by Crippen LogP contribution is 2.38. The highest BCUT2D eigenvalue weighted by Gasteiger charge is 2.60. The predicted octanol–water partition coefficient (Wildman–Crippen LogP) is -0.450. The molecule has 0 aromatic rings. The van der Waals surface area contributed by atoms with Crippen LogP contribution >= 0.6 is 0 Å². The third kappa shape index (κ3) is 2.71. The molecule has 3 heterocycles. The number of hydrogen-bond donors (Lipinski definition) is 1. The largest absolute Gasteiger partial charge is 0.393 e. The first-order valence-electron chi connectivity index (χ1n) is 7.51. The quantitative estimate of drug-likeness (QED) is 0.505. The van der Waals surface area contributed by atoms with E-state index in [4.69, 9.17) is 19.3 Å². The van der Waals surface area contributed by atoms with Crippen LogP contribution in [-0.2, 0) is 19.0 Å². The number of nitrogens with zero attached hydrogens (tertiary/aromatic N) is 2. The van der Waals surface area contributed by atoms with Crippen LogP contribution in [0.15, 0.2) is 0 Å². The summed E-state index contributed by atoms with van der Waals surface area (Å²) in [5.41, 5.74) is -0.981. The lowest BCUT2D eigenvalue weighted by molar-refractivity contribution is -0.133. The lowest BCUT2D eigenvalue weighted by Gasteiger charge is -2.25. The van der Waals surface area contributed by atoms with Gasteiger partial charge in [0.05, 0.1) is 32.5 Å². The van der Waals surface area contributed by atoms with Gasteiger partial charge in [-0.05, 0) is 20.8 Å².